The Morgan fingerprint density at radius 2 is 2.53 bits per heavy atom. The first-order valence-corrected chi connectivity index (χ1v) is 5.22. The van der Waals surface area contributed by atoms with Crippen molar-refractivity contribution in [3.63, 3.8) is 0 Å². The highest BCUT2D eigenvalue weighted by Crippen LogP contribution is 2.26. The van der Waals surface area contributed by atoms with E-state index in [0.29, 0.717) is 5.82 Å². The molecule has 5 nitrogen and oxygen atoms in total. The first kappa shape index (κ1) is 10.2. The van der Waals surface area contributed by atoms with Crippen molar-refractivity contribution >= 4 is 11.7 Å². The second-order valence-corrected chi connectivity index (χ2v) is 4.27. The molecule has 0 aliphatic carbocycles. The Morgan fingerprint density at radius 3 is 3.13 bits per heavy atom. The van der Waals surface area contributed by atoms with E-state index < -0.39 is 0 Å². The Labute approximate surface area is 88.6 Å². The lowest BCUT2D eigenvalue weighted by Crippen LogP contribution is -2.46. The van der Waals surface area contributed by atoms with Crippen LogP contribution in [0.2, 0.25) is 0 Å². The van der Waals surface area contributed by atoms with Crippen LogP contribution in [0.3, 0.4) is 0 Å². The molecule has 0 aromatic carbocycles. The molecule has 1 aliphatic rings. The van der Waals surface area contributed by atoms with Crippen molar-refractivity contribution in [1.29, 1.82) is 0 Å². The van der Waals surface area contributed by atoms with E-state index in [1.807, 2.05) is 6.92 Å². The molecule has 1 aromatic heterocycles. The third kappa shape index (κ3) is 2.18. The Hall–Kier alpha value is -1.36. The van der Waals surface area contributed by atoms with Crippen molar-refractivity contribution in [2.75, 3.05) is 18.4 Å². The lowest BCUT2D eigenvalue weighted by molar-refractivity contribution is -0.125. The molecule has 1 saturated heterocycles. The van der Waals surface area contributed by atoms with Gasteiger partial charge in [-0.2, -0.15) is 5.10 Å². The number of nitrogens with zero attached hydrogens (tertiary/aromatic N) is 1. The zero-order valence-electron chi connectivity index (χ0n) is 8.84. The van der Waals surface area contributed by atoms with Gasteiger partial charge in [-0.15, -0.1) is 0 Å². The van der Waals surface area contributed by atoms with E-state index in [1.54, 1.807) is 12.3 Å². The van der Waals surface area contributed by atoms with Crippen LogP contribution >= 0.6 is 0 Å². The van der Waals surface area contributed by atoms with Gasteiger partial charge in [-0.3, -0.25) is 9.89 Å². The lowest BCUT2D eigenvalue weighted by Gasteiger charge is -2.32. The summed E-state index contributed by atoms with van der Waals surface area (Å²) in [6.07, 6.45) is 3.60. The Balaban J connectivity index is 2.00. The number of carbonyl (C=O) groups is 1. The number of rotatable bonds is 2. The quantitative estimate of drug-likeness (QED) is 0.671. The van der Waals surface area contributed by atoms with Gasteiger partial charge in [0.15, 0.2) is 0 Å². The van der Waals surface area contributed by atoms with Gasteiger partial charge in [0.25, 0.3) is 0 Å². The van der Waals surface area contributed by atoms with Crippen LogP contribution in [0.15, 0.2) is 12.3 Å². The van der Waals surface area contributed by atoms with E-state index in [0.717, 1.165) is 25.9 Å². The number of amides is 1. The van der Waals surface area contributed by atoms with E-state index in [4.69, 9.17) is 0 Å². The molecule has 1 unspecified atom stereocenters. The number of hydrogen-bond donors (Lipinski definition) is 3. The van der Waals surface area contributed by atoms with E-state index >= 15 is 0 Å². The van der Waals surface area contributed by atoms with Gasteiger partial charge in [-0.05, 0) is 26.3 Å². The fourth-order valence-electron chi connectivity index (χ4n) is 1.85. The standard InChI is InChI=1S/C10H16N4O/c1-10(4-2-5-11-7-10)9(15)13-8-3-6-12-14-8/h3,6,11H,2,4-5,7H2,1H3,(H2,12,13,14,15). The minimum atomic E-state index is -0.302. The van der Waals surface area contributed by atoms with Gasteiger partial charge in [-0.25, -0.2) is 0 Å². The molecular formula is C10H16N4O. The zero-order valence-corrected chi connectivity index (χ0v) is 8.84. The van der Waals surface area contributed by atoms with Crippen LogP contribution in [0.1, 0.15) is 19.8 Å². The third-order valence-electron chi connectivity index (χ3n) is 2.89. The number of hydrogen-bond acceptors (Lipinski definition) is 3. The summed E-state index contributed by atoms with van der Waals surface area (Å²) in [6, 6.07) is 1.75. The number of anilines is 1. The average molecular weight is 208 g/mol. The zero-order chi connectivity index (χ0) is 10.7. The highest BCUT2D eigenvalue weighted by molar-refractivity contribution is 5.94. The van der Waals surface area contributed by atoms with Crippen LogP contribution in [0, 0.1) is 5.41 Å². The van der Waals surface area contributed by atoms with E-state index in [9.17, 15) is 4.79 Å². The SMILES string of the molecule is CC1(C(=O)Nc2ccn[nH]2)CCCNC1. The molecular weight excluding hydrogens is 192 g/mol. The minimum Gasteiger partial charge on any atom is -0.316 e. The minimum absolute atomic E-state index is 0.0546. The molecule has 1 atom stereocenters. The molecule has 82 valence electrons. The van der Waals surface area contributed by atoms with Crippen molar-refractivity contribution in [1.82, 2.24) is 15.5 Å². The predicted molar refractivity (Wildman–Crippen MR) is 57.4 cm³/mol. The van der Waals surface area contributed by atoms with Crippen molar-refractivity contribution in [3.8, 4) is 0 Å². The van der Waals surface area contributed by atoms with Crippen molar-refractivity contribution in [3.05, 3.63) is 12.3 Å². The third-order valence-corrected chi connectivity index (χ3v) is 2.89. The summed E-state index contributed by atoms with van der Waals surface area (Å²) in [7, 11) is 0. The normalized spacial score (nSPS) is 26.2. The average Bonchev–Trinajstić information content (AvgIpc) is 2.71. The van der Waals surface area contributed by atoms with Crippen LogP contribution in [0.25, 0.3) is 0 Å². The maximum absolute atomic E-state index is 12.0. The first-order valence-electron chi connectivity index (χ1n) is 5.22. The lowest BCUT2D eigenvalue weighted by atomic mass is 9.82. The second kappa shape index (κ2) is 4.02. The van der Waals surface area contributed by atoms with Crippen LogP contribution in [-0.2, 0) is 4.79 Å². The number of H-pyrrole nitrogens is 1. The van der Waals surface area contributed by atoms with Gasteiger partial charge in [-0.1, -0.05) is 0 Å². The molecule has 0 saturated carbocycles. The van der Waals surface area contributed by atoms with Crippen LogP contribution < -0.4 is 10.6 Å². The molecule has 0 radical (unpaired) electrons. The molecule has 0 spiro atoms. The highest BCUT2D eigenvalue weighted by Gasteiger charge is 2.34. The van der Waals surface area contributed by atoms with E-state index in [2.05, 4.69) is 20.8 Å². The number of carbonyl (C=O) groups excluding carboxylic acids is 1. The van der Waals surface area contributed by atoms with Crippen molar-refractivity contribution in [2.45, 2.75) is 19.8 Å². The van der Waals surface area contributed by atoms with E-state index in [1.165, 1.54) is 0 Å². The smallest absolute Gasteiger partial charge is 0.232 e. The number of aromatic nitrogens is 2. The summed E-state index contributed by atoms with van der Waals surface area (Å²) in [6.45, 7) is 3.74. The summed E-state index contributed by atoms with van der Waals surface area (Å²) in [5.41, 5.74) is -0.302. The van der Waals surface area contributed by atoms with Crippen molar-refractivity contribution in [2.24, 2.45) is 5.41 Å². The molecule has 1 aromatic rings. The van der Waals surface area contributed by atoms with Gasteiger partial charge in [0, 0.05) is 12.6 Å². The van der Waals surface area contributed by atoms with Gasteiger partial charge < -0.3 is 10.6 Å². The van der Waals surface area contributed by atoms with Crippen LogP contribution in [-0.4, -0.2) is 29.2 Å². The molecule has 3 N–H and O–H groups in total. The molecule has 2 heterocycles. The van der Waals surface area contributed by atoms with Gasteiger partial charge >= 0.3 is 0 Å². The molecule has 15 heavy (non-hydrogen) atoms. The van der Waals surface area contributed by atoms with Gasteiger partial charge in [0.05, 0.1) is 11.6 Å². The highest BCUT2D eigenvalue weighted by atomic mass is 16.2. The fourth-order valence-corrected chi connectivity index (χ4v) is 1.85. The van der Waals surface area contributed by atoms with Crippen LogP contribution in [0.4, 0.5) is 5.82 Å². The molecule has 1 amide bonds. The van der Waals surface area contributed by atoms with Crippen molar-refractivity contribution < 1.29 is 4.79 Å². The Bertz CT molecular complexity index is 327. The summed E-state index contributed by atoms with van der Waals surface area (Å²) in [5, 5.41) is 12.6. The largest absolute Gasteiger partial charge is 0.316 e. The molecule has 2 rings (SSSR count). The van der Waals surface area contributed by atoms with Gasteiger partial charge in [0.2, 0.25) is 5.91 Å². The maximum atomic E-state index is 12.0. The summed E-state index contributed by atoms with van der Waals surface area (Å²) >= 11 is 0. The predicted octanol–water partition coefficient (Wildman–Crippen LogP) is 0.738. The number of piperidine rings is 1. The summed E-state index contributed by atoms with van der Waals surface area (Å²) < 4.78 is 0. The number of nitrogens with one attached hydrogen (secondary N) is 3. The Kier molecular flexibility index (Phi) is 2.73. The fraction of sp³-hybridized carbons (Fsp3) is 0.600. The van der Waals surface area contributed by atoms with Gasteiger partial charge in [0.1, 0.15) is 5.82 Å². The molecule has 1 aliphatic heterocycles. The number of aromatic amines is 1. The summed E-state index contributed by atoms with van der Waals surface area (Å²) in [4.78, 5) is 12.0. The van der Waals surface area contributed by atoms with Crippen LogP contribution in [0.5, 0.6) is 0 Å². The first-order chi connectivity index (χ1) is 7.21. The van der Waals surface area contributed by atoms with E-state index in [-0.39, 0.29) is 11.3 Å². The molecule has 0 bridgehead atoms. The monoisotopic (exact) mass is 208 g/mol. The topological polar surface area (TPSA) is 69.8 Å². The summed E-state index contributed by atoms with van der Waals surface area (Å²) in [5.74, 6) is 0.714. The maximum Gasteiger partial charge on any atom is 0.232 e. The Morgan fingerprint density at radius 1 is 1.67 bits per heavy atom. The molecule has 1 fully saturated rings. The molecule has 5 heteroatoms. The second-order valence-electron chi connectivity index (χ2n) is 4.27.